The second-order valence-corrected chi connectivity index (χ2v) is 9.16. The molecule has 0 aromatic heterocycles. The predicted molar refractivity (Wildman–Crippen MR) is 72.1 cm³/mol. The lowest BCUT2D eigenvalue weighted by molar-refractivity contribution is -0.135. The van der Waals surface area contributed by atoms with Crippen LogP contribution in [0.3, 0.4) is 0 Å². The van der Waals surface area contributed by atoms with Crippen LogP contribution in [0.5, 0.6) is 0 Å². The molecule has 0 spiro atoms. The molecule has 3 nitrogen and oxygen atoms in total. The third-order valence-corrected chi connectivity index (χ3v) is 9.02. The molecule has 2 aliphatic carbocycles. The van der Waals surface area contributed by atoms with E-state index < -0.39 is 7.14 Å². The first-order chi connectivity index (χ1) is 9.12. The Balaban J connectivity index is 1.91. The van der Waals surface area contributed by atoms with Crippen molar-refractivity contribution in [1.82, 2.24) is 0 Å². The van der Waals surface area contributed by atoms with Gasteiger partial charge < -0.3 is 4.57 Å². The summed E-state index contributed by atoms with van der Waals surface area (Å²) in [6.07, 6.45) is 1.76. The summed E-state index contributed by atoms with van der Waals surface area (Å²) in [4.78, 5) is 24.8. The lowest BCUT2D eigenvalue weighted by Gasteiger charge is -2.51. The normalized spacial score (nSPS) is 43.8. The summed E-state index contributed by atoms with van der Waals surface area (Å²) in [5.41, 5.74) is -0.759. The van der Waals surface area contributed by atoms with E-state index in [1.807, 2.05) is 30.3 Å². The SMILES string of the molecule is O=C1C2CC3CC1P(=O)(c1ccccc1)C(C2)C3=O. The first-order valence-electron chi connectivity index (χ1n) is 6.85. The molecule has 5 rings (SSSR count). The summed E-state index contributed by atoms with van der Waals surface area (Å²) < 4.78 is 13.5. The molecule has 1 aromatic rings. The second kappa shape index (κ2) is 3.67. The Morgan fingerprint density at radius 2 is 1.37 bits per heavy atom. The highest BCUT2D eigenvalue weighted by Gasteiger charge is 2.63. The Kier molecular flexibility index (Phi) is 2.24. The predicted octanol–water partition coefficient (Wildman–Crippen LogP) is 1.99. The molecule has 4 fully saturated rings. The molecule has 98 valence electrons. The lowest BCUT2D eigenvalue weighted by Crippen LogP contribution is -2.57. The number of carbonyl (C=O) groups excluding carboxylic acids is 2. The van der Waals surface area contributed by atoms with Crippen molar-refractivity contribution in [3.63, 3.8) is 0 Å². The zero-order chi connectivity index (χ0) is 13.2. The van der Waals surface area contributed by atoms with Crippen molar-refractivity contribution in [2.45, 2.75) is 30.6 Å². The number of hydrogen-bond acceptors (Lipinski definition) is 3. The summed E-state index contributed by atoms with van der Waals surface area (Å²) in [6, 6.07) is 9.20. The van der Waals surface area contributed by atoms with E-state index in [0.717, 1.165) is 5.30 Å². The first-order valence-corrected chi connectivity index (χ1v) is 8.69. The quantitative estimate of drug-likeness (QED) is 0.736. The van der Waals surface area contributed by atoms with Gasteiger partial charge in [0.1, 0.15) is 18.7 Å². The van der Waals surface area contributed by atoms with E-state index in [9.17, 15) is 14.2 Å². The molecular formula is C15H15O3P. The molecule has 4 bridgehead atoms. The van der Waals surface area contributed by atoms with Crippen LogP contribution in [0, 0.1) is 11.8 Å². The van der Waals surface area contributed by atoms with Gasteiger partial charge in [-0.25, -0.2) is 0 Å². The van der Waals surface area contributed by atoms with Gasteiger partial charge >= 0.3 is 0 Å². The van der Waals surface area contributed by atoms with E-state index in [4.69, 9.17) is 0 Å². The van der Waals surface area contributed by atoms with Crippen LogP contribution in [0.4, 0.5) is 0 Å². The van der Waals surface area contributed by atoms with Gasteiger partial charge in [0.15, 0.2) is 0 Å². The zero-order valence-electron chi connectivity index (χ0n) is 10.5. The Hall–Kier alpha value is -1.21. The van der Waals surface area contributed by atoms with Gasteiger partial charge in [0.05, 0.1) is 11.3 Å². The summed E-state index contributed by atoms with van der Waals surface area (Å²) in [6.45, 7) is 0. The number of rotatable bonds is 1. The highest BCUT2D eigenvalue weighted by molar-refractivity contribution is 7.75. The molecule has 4 unspecified atom stereocenters. The van der Waals surface area contributed by atoms with Crippen molar-refractivity contribution in [3.8, 4) is 0 Å². The highest BCUT2D eigenvalue weighted by atomic mass is 31.2. The van der Waals surface area contributed by atoms with Gasteiger partial charge in [-0.15, -0.1) is 0 Å². The van der Waals surface area contributed by atoms with Crippen molar-refractivity contribution in [2.24, 2.45) is 11.8 Å². The van der Waals surface area contributed by atoms with Gasteiger partial charge in [0, 0.05) is 17.1 Å². The zero-order valence-corrected chi connectivity index (χ0v) is 11.4. The van der Waals surface area contributed by atoms with E-state index in [-0.39, 0.29) is 34.7 Å². The van der Waals surface area contributed by atoms with Crippen LogP contribution in [-0.4, -0.2) is 22.9 Å². The molecule has 2 saturated heterocycles. The van der Waals surface area contributed by atoms with Crippen LogP contribution in [-0.2, 0) is 14.2 Å². The van der Waals surface area contributed by atoms with Crippen LogP contribution in [0.15, 0.2) is 30.3 Å². The number of benzene rings is 1. The van der Waals surface area contributed by atoms with Crippen molar-refractivity contribution >= 4 is 24.0 Å². The molecule has 2 saturated carbocycles. The van der Waals surface area contributed by atoms with Gasteiger partial charge in [-0.3, -0.25) is 9.59 Å². The molecule has 2 aliphatic heterocycles. The van der Waals surface area contributed by atoms with E-state index in [0.29, 0.717) is 19.3 Å². The highest BCUT2D eigenvalue weighted by Crippen LogP contribution is 2.68. The van der Waals surface area contributed by atoms with Crippen molar-refractivity contribution in [1.29, 1.82) is 0 Å². The summed E-state index contributed by atoms with van der Waals surface area (Å²) in [5.74, 6) is 0.314. The van der Waals surface area contributed by atoms with E-state index >= 15 is 0 Å². The van der Waals surface area contributed by atoms with Crippen molar-refractivity contribution < 1.29 is 14.2 Å². The minimum atomic E-state index is -2.90. The van der Waals surface area contributed by atoms with Gasteiger partial charge in [0.25, 0.3) is 0 Å². The third-order valence-electron chi connectivity index (χ3n) is 5.13. The van der Waals surface area contributed by atoms with E-state index in [1.54, 1.807) is 0 Å². The monoisotopic (exact) mass is 274 g/mol. The standard InChI is InChI=1S/C15H15O3P/c16-14-9-6-10-8-13(14)19(18,12(7-9)15(10)17)11-4-2-1-3-5-11/h1-5,9-10,12-13H,6-8H2. The van der Waals surface area contributed by atoms with Crippen LogP contribution < -0.4 is 5.30 Å². The summed E-state index contributed by atoms with van der Waals surface area (Å²) >= 11 is 0. The largest absolute Gasteiger partial charge is 0.317 e. The Bertz CT molecular complexity index is 590. The smallest absolute Gasteiger partial charge is 0.146 e. The van der Waals surface area contributed by atoms with Crippen LogP contribution in [0.1, 0.15) is 19.3 Å². The first kappa shape index (κ1) is 11.6. The molecule has 19 heavy (non-hydrogen) atoms. The molecule has 2 heterocycles. The molecule has 4 aliphatic rings. The lowest BCUT2D eigenvalue weighted by atomic mass is 9.70. The molecule has 0 N–H and O–H groups in total. The topological polar surface area (TPSA) is 51.2 Å². The number of Topliss-reactive ketones (excluding diaryl/α,β-unsaturated/α-hetero) is 2. The van der Waals surface area contributed by atoms with Crippen LogP contribution in [0.25, 0.3) is 0 Å². The molecule has 4 atom stereocenters. The molecule has 4 heteroatoms. The number of carbonyl (C=O) groups is 2. The summed E-state index contributed by atoms with van der Waals surface area (Å²) in [5, 5.41) is 0.727. The fourth-order valence-electron chi connectivity index (χ4n) is 4.25. The Labute approximate surface area is 111 Å². The maximum Gasteiger partial charge on any atom is 0.146 e. The van der Waals surface area contributed by atoms with Gasteiger partial charge in [0.2, 0.25) is 0 Å². The van der Waals surface area contributed by atoms with Crippen LogP contribution >= 0.6 is 7.14 Å². The van der Waals surface area contributed by atoms with Crippen molar-refractivity contribution in [3.05, 3.63) is 30.3 Å². The minimum Gasteiger partial charge on any atom is -0.317 e. The maximum absolute atomic E-state index is 13.5. The van der Waals surface area contributed by atoms with Crippen molar-refractivity contribution in [2.75, 3.05) is 0 Å². The second-order valence-electron chi connectivity index (χ2n) is 5.98. The average molecular weight is 274 g/mol. The van der Waals surface area contributed by atoms with Crippen LogP contribution in [0.2, 0.25) is 0 Å². The van der Waals surface area contributed by atoms with Gasteiger partial charge in [-0.05, 0) is 19.3 Å². The summed E-state index contributed by atoms with van der Waals surface area (Å²) in [7, 11) is -2.90. The number of hydrogen-bond donors (Lipinski definition) is 0. The molecule has 0 amide bonds. The van der Waals surface area contributed by atoms with E-state index in [2.05, 4.69) is 0 Å². The third kappa shape index (κ3) is 1.32. The average Bonchev–Trinajstić information content (AvgIpc) is 2.43. The van der Waals surface area contributed by atoms with E-state index in [1.165, 1.54) is 0 Å². The molecule has 1 aromatic carbocycles. The fraction of sp³-hybridized carbons (Fsp3) is 0.467. The maximum atomic E-state index is 13.5. The fourth-order valence-corrected chi connectivity index (χ4v) is 8.35. The Morgan fingerprint density at radius 1 is 0.842 bits per heavy atom. The molecular weight excluding hydrogens is 259 g/mol. The minimum absolute atomic E-state index is 0.00256. The Morgan fingerprint density at radius 3 is 1.89 bits per heavy atom. The van der Waals surface area contributed by atoms with Gasteiger partial charge in [-0.1, -0.05) is 30.3 Å². The van der Waals surface area contributed by atoms with Gasteiger partial charge in [-0.2, -0.15) is 0 Å². The number of ketones is 2. The molecule has 0 radical (unpaired) electrons.